The van der Waals surface area contributed by atoms with Crippen LogP contribution in [0, 0.1) is 0 Å². The molecule has 2 heterocycles. The number of carbonyl (C=O) groups excluding carboxylic acids is 1. The van der Waals surface area contributed by atoms with Crippen LogP contribution in [-0.2, 0) is 6.42 Å². The van der Waals surface area contributed by atoms with Crippen LogP contribution in [0.3, 0.4) is 0 Å². The van der Waals surface area contributed by atoms with E-state index < -0.39 is 5.91 Å². The first kappa shape index (κ1) is 15.8. The molecule has 0 radical (unpaired) electrons. The number of nitrogens with zero attached hydrogens (tertiary/aromatic N) is 6. The van der Waals surface area contributed by atoms with E-state index >= 15 is 0 Å². The Hall–Kier alpha value is -3.10. The zero-order valence-corrected chi connectivity index (χ0v) is 13.4. The lowest BCUT2D eigenvalue weighted by Gasteiger charge is -2.03. The van der Waals surface area contributed by atoms with Crippen molar-refractivity contribution in [3.8, 4) is 11.4 Å². The number of hydrogen-bond acceptors (Lipinski definition) is 7. The van der Waals surface area contributed by atoms with Gasteiger partial charge in [-0.05, 0) is 30.7 Å². The van der Waals surface area contributed by atoms with Crippen LogP contribution in [0.15, 0.2) is 28.8 Å². The molecule has 0 bridgehead atoms. The second kappa shape index (κ2) is 6.57. The minimum absolute atomic E-state index is 0.325. The van der Waals surface area contributed by atoms with Crippen molar-refractivity contribution in [1.29, 1.82) is 0 Å². The highest BCUT2D eigenvalue weighted by Gasteiger charge is 2.19. The van der Waals surface area contributed by atoms with Gasteiger partial charge in [0.1, 0.15) is 6.04 Å². The molecule has 0 aliphatic carbocycles. The monoisotopic (exact) mass is 327 g/mol. The first-order valence-electron chi connectivity index (χ1n) is 7.60. The predicted molar refractivity (Wildman–Crippen MR) is 83.9 cm³/mol. The third-order valence-corrected chi connectivity index (χ3v) is 3.52. The Morgan fingerprint density at radius 2 is 2.08 bits per heavy atom. The molecule has 0 saturated carbocycles. The molecule has 0 fully saturated rings. The van der Waals surface area contributed by atoms with Gasteiger partial charge in [0.15, 0.2) is 5.82 Å². The molecule has 0 aliphatic rings. The number of tetrazole rings is 1. The molecule has 3 rings (SSSR count). The van der Waals surface area contributed by atoms with Gasteiger partial charge in [-0.3, -0.25) is 4.79 Å². The third-order valence-electron chi connectivity index (χ3n) is 3.52. The molecular weight excluding hydrogens is 310 g/mol. The summed E-state index contributed by atoms with van der Waals surface area (Å²) < 4.78 is 5.25. The lowest BCUT2D eigenvalue weighted by molar-refractivity contribution is 0.100. The highest BCUT2D eigenvalue weighted by Crippen LogP contribution is 2.18. The zero-order chi connectivity index (χ0) is 17.1. The van der Waals surface area contributed by atoms with E-state index in [1.54, 1.807) is 24.3 Å². The molecule has 1 amide bonds. The first-order chi connectivity index (χ1) is 11.6. The summed E-state index contributed by atoms with van der Waals surface area (Å²) in [6.07, 6.45) is 1.71. The van der Waals surface area contributed by atoms with E-state index in [0.717, 1.165) is 18.4 Å². The van der Waals surface area contributed by atoms with Gasteiger partial charge >= 0.3 is 0 Å². The topological polar surface area (TPSA) is 126 Å². The van der Waals surface area contributed by atoms with Crippen molar-refractivity contribution < 1.29 is 9.32 Å². The second-order valence-corrected chi connectivity index (χ2v) is 5.35. The standard InChI is InChI=1S/C15H17N7O2/c1-3-4-12-17-15(24-20-12)9(2)22-19-14(18-21-22)11-7-5-10(6-8-11)13(16)23/h5-9H,3-4H2,1-2H3,(H2,16,23)/t9-/m0/s1. The minimum atomic E-state index is -0.480. The number of carbonyl (C=O) groups is 1. The number of benzene rings is 1. The fourth-order valence-electron chi connectivity index (χ4n) is 2.15. The molecule has 9 nitrogen and oxygen atoms in total. The Labute approximate surface area is 137 Å². The van der Waals surface area contributed by atoms with E-state index in [1.807, 2.05) is 13.8 Å². The molecule has 0 aliphatic heterocycles. The summed E-state index contributed by atoms with van der Waals surface area (Å²) >= 11 is 0. The lowest BCUT2D eigenvalue weighted by atomic mass is 10.1. The molecule has 9 heteroatoms. The highest BCUT2D eigenvalue weighted by atomic mass is 16.5. The molecular formula is C15H17N7O2. The van der Waals surface area contributed by atoms with Gasteiger partial charge in [0.2, 0.25) is 11.7 Å². The summed E-state index contributed by atoms with van der Waals surface area (Å²) in [5.74, 6) is 1.06. The van der Waals surface area contributed by atoms with Gasteiger partial charge in [0.05, 0.1) is 0 Å². The number of aromatic nitrogens is 6. The Balaban J connectivity index is 1.80. The fourth-order valence-corrected chi connectivity index (χ4v) is 2.15. The van der Waals surface area contributed by atoms with Crippen molar-refractivity contribution >= 4 is 5.91 Å². The Morgan fingerprint density at radius 3 is 2.75 bits per heavy atom. The Bertz CT molecular complexity index is 838. The summed E-state index contributed by atoms with van der Waals surface area (Å²) in [7, 11) is 0. The van der Waals surface area contributed by atoms with Crippen molar-refractivity contribution in [3.63, 3.8) is 0 Å². The Kier molecular flexibility index (Phi) is 4.32. The lowest BCUT2D eigenvalue weighted by Crippen LogP contribution is -2.11. The number of nitrogens with two attached hydrogens (primary N) is 1. The molecule has 3 aromatic rings. The van der Waals surface area contributed by atoms with Gasteiger partial charge in [0.25, 0.3) is 5.89 Å². The van der Waals surface area contributed by atoms with Crippen LogP contribution in [0.4, 0.5) is 0 Å². The second-order valence-electron chi connectivity index (χ2n) is 5.35. The van der Waals surface area contributed by atoms with E-state index in [0.29, 0.717) is 23.1 Å². The largest absolute Gasteiger partial charge is 0.366 e. The summed E-state index contributed by atoms with van der Waals surface area (Å²) in [4.78, 5) is 16.8. The van der Waals surface area contributed by atoms with Crippen molar-refractivity contribution in [2.24, 2.45) is 5.73 Å². The van der Waals surface area contributed by atoms with Crippen molar-refractivity contribution in [2.75, 3.05) is 0 Å². The van der Waals surface area contributed by atoms with E-state index in [9.17, 15) is 4.79 Å². The average molecular weight is 327 g/mol. The number of rotatable bonds is 6. The van der Waals surface area contributed by atoms with Crippen LogP contribution in [0.2, 0.25) is 0 Å². The molecule has 1 atom stereocenters. The first-order valence-corrected chi connectivity index (χ1v) is 7.60. The molecule has 2 N–H and O–H groups in total. The van der Waals surface area contributed by atoms with Gasteiger partial charge in [-0.15, -0.1) is 10.2 Å². The van der Waals surface area contributed by atoms with Gasteiger partial charge in [-0.2, -0.15) is 9.78 Å². The number of primary amides is 1. The van der Waals surface area contributed by atoms with Gasteiger partial charge < -0.3 is 10.3 Å². The average Bonchev–Trinajstić information content (AvgIpc) is 3.24. The molecule has 24 heavy (non-hydrogen) atoms. The predicted octanol–water partition coefficient (Wildman–Crippen LogP) is 1.38. The summed E-state index contributed by atoms with van der Waals surface area (Å²) in [5.41, 5.74) is 6.38. The van der Waals surface area contributed by atoms with Crippen molar-refractivity contribution in [2.45, 2.75) is 32.7 Å². The molecule has 0 saturated heterocycles. The van der Waals surface area contributed by atoms with Crippen molar-refractivity contribution in [1.82, 2.24) is 30.3 Å². The number of hydrogen-bond donors (Lipinski definition) is 1. The normalized spacial score (nSPS) is 12.2. The molecule has 1 aromatic carbocycles. The van der Waals surface area contributed by atoms with E-state index in [4.69, 9.17) is 10.3 Å². The molecule has 0 spiro atoms. The van der Waals surface area contributed by atoms with E-state index in [2.05, 4.69) is 25.6 Å². The van der Waals surface area contributed by atoms with Crippen molar-refractivity contribution in [3.05, 3.63) is 41.5 Å². The van der Waals surface area contributed by atoms with E-state index in [1.165, 1.54) is 4.80 Å². The van der Waals surface area contributed by atoms with Crippen LogP contribution in [-0.4, -0.2) is 36.3 Å². The van der Waals surface area contributed by atoms with E-state index in [-0.39, 0.29) is 6.04 Å². The maximum Gasteiger partial charge on any atom is 0.253 e. The van der Waals surface area contributed by atoms with Crippen LogP contribution in [0.5, 0.6) is 0 Å². The minimum Gasteiger partial charge on any atom is -0.366 e. The summed E-state index contributed by atoms with van der Waals surface area (Å²) in [6, 6.07) is 6.36. The summed E-state index contributed by atoms with van der Waals surface area (Å²) in [6.45, 7) is 3.90. The maximum atomic E-state index is 11.1. The maximum absolute atomic E-state index is 11.1. The van der Waals surface area contributed by atoms with Gasteiger partial charge in [-0.25, -0.2) is 0 Å². The quantitative estimate of drug-likeness (QED) is 0.724. The fraction of sp³-hybridized carbons (Fsp3) is 0.333. The smallest absolute Gasteiger partial charge is 0.253 e. The zero-order valence-electron chi connectivity index (χ0n) is 13.4. The number of aryl methyl sites for hydroxylation is 1. The molecule has 124 valence electrons. The SMILES string of the molecule is CCCc1noc([C@H](C)n2nnc(-c3ccc(C(N)=O)cc3)n2)n1. The van der Waals surface area contributed by atoms with Crippen LogP contribution in [0.25, 0.3) is 11.4 Å². The molecule has 0 unspecified atom stereocenters. The Morgan fingerprint density at radius 1 is 1.33 bits per heavy atom. The van der Waals surface area contributed by atoms with Gasteiger partial charge in [0, 0.05) is 17.5 Å². The molecule has 2 aromatic heterocycles. The van der Waals surface area contributed by atoms with Crippen LogP contribution < -0.4 is 5.73 Å². The van der Waals surface area contributed by atoms with Gasteiger partial charge in [-0.1, -0.05) is 24.2 Å². The van der Waals surface area contributed by atoms with Crippen LogP contribution in [0.1, 0.15) is 48.4 Å². The van der Waals surface area contributed by atoms with Crippen LogP contribution >= 0.6 is 0 Å². The number of amides is 1. The summed E-state index contributed by atoms with van der Waals surface area (Å²) in [5, 5.41) is 16.3. The highest BCUT2D eigenvalue weighted by molar-refractivity contribution is 5.93. The third kappa shape index (κ3) is 3.14.